The zero-order valence-electron chi connectivity index (χ0n) is 9.58. The number of nitrogens with zero attached hydrogens (tertiary/aromatic N) is 1. The lowest BCUT2D eigenvalue weighted by atomic mass is 10.1. The number of aromatic hydroxyl groups is 1. The quantitative estimate of drug-likeness (QED) is 0.280. The summed E-state index contributed by atoms with van der Waals surface area (Å²) < 4.78 is 4.59. The highest BCUT2D eigenvalue weighted by Crippen LogP contribution is 2.24. The molecular weight excluding hydrogens is 242 g/mol. The van der Waals surface area contributed by atoms with Crippen LogP contribution in [0.25, 0.3) is 0 Å². The third-order valence-electron chi connectivity index (χ3n) is 2.10. The normalized spacial score (nSPS) is 9.83. The Bertz CT molecular complexity index is 496. The second-order valence-corrected chi connectivity index (χ2v) is 3.36. The lowest BCUT2D eigenvalue weighted by Crippen LogP contribution is -2.11. The van der Waals surface area contributed by atoms with E-state index in [9.17, 15) is 24.8 Å². The van der Waals surface area contributed by atoms with Crippen molar-refractivity contribution in [1.29, 1.82) is 0 Å². The van der Waals surface area contributed by atoms with E-state index in [-0.39, 0.29) is 17.9 Å². The summed E-state index contributed by atoms with van der Waals surface area (Å²) in [6.45, 7) is 1.75. The van der Waals surface area contributed by atoms with Crippen molar-refractivity contribution in [2.45, 2.75) is 13.3 Å². The van der Waals surface area contributed by atoms with Gasteiger partial charge in [0.15, 0.2) is 5.78 Å². The van der Waals surface area contributed by atoms with E-state index in [1.807, 2.05) is 0 Å². The van der Waals surface area contributed by atoms with Gasteiger partial charge in [0.1, 0.15) is 12.2 Å². The van der Waals surface area contributed by atoms with Crippen LogP contribution in [0.4, 0.5) is 5.69 Å². The summed E-state index contributed by atoms with van der Waals surface area (Å²) >= 11 is 0. The molecule has 1 rings (SSSR count). The molecule has 0 aliphatic carbocycles. The van der Waals surface area contributed by atoms with E-state index < -0.39 is 28.8 Å². The molecule has 0 amide bonds. The van der Waals surface area contributed by atoms with Crippen LogP contribution in [-0.4, -0.2) is 28.4 Å². The maximum absolute atomic E-state index is 11.6. The fraction of sp³-hybridized carbons (Fsp3) is 0.273. The van der Waals surface area contributed by atoms with E-state index in [4.69, 9.17) is 0 Å². The van der Waals surface area contributed by atoms with Gasteiger partial charge in [0.05, 0.1) is 23.2 Å². The van der Waals surface area contributed by atoms with Crippen molar-refractivity contribution < 1.29 is 24.4 Å². The summed E-state index contributed by atoms with van der Waals surface area (Å²) in [5.74, 6) is -1.89. The highest BCUT2D eigenvalue weighted by atomic mass is 16.6. The predicted molar refractivity (Wildman–Crippen MR) is 60.3 cm³/mol. The number of phenols is 1. The van der Waals surface area contributed by atoms with E-state index in [1.165, 1.54) is 0 Å². The molecule has 0 heterocycles. The van der Waals surface area contributed by atoms with Crippen LogP contribution < -0.4 is 0 Å². The van der Waals surface area contributed by atoms with Crippen molar-refractivity contribution in [3.8, 4) is 5.75 Å². The standard InChI is InChI=1S/C11H11NO6/c1-2-18-11(15)6-10(14)8-4-3-7(12(16)17)5-9(8)13/h3-5,13H,2,6H2,1H3. The number of carbonyl (C=O) groups is 2. The predicted octanol–water partition coefficient (Wildman–Crippen LogP) is 1.44. The first kappa shape index (κ1) is 13.6. The molecule has 1 N–H and O–H groups in total. The SMILES string of the molecule is CCOC(=O)CC(=O)c1ccc([N+](=O)[O-])cc1O. The largest absolute Gasteiger partial charge is 0.507 e. The van der Waals surface area contributed by atoms with Gasteiger partial charge in [0.25, 0.3) is 5.69 Å². The summed E-state index contributed by atoms with van der Waals surface area (Å²) in [4.78, 5) is 32.4. The first-order valence-electron chi connectivity index (χ1n) is 5.12. The number of phenolic OH excluding ortho intramolecular Hbond substituents is 1. The molecule has 7 heteroatoms. The molecule has 0 aliphatic heterocycles. The molecule has 0 atom stereocenters. The zero-order chi connectivity index (χ0) is 13.7. The Morgan fingerprint density at radius 2 is 2.11 bits per heavy atom. The number of non-ortho nitro benzene ring substituents is 1. The number of carbonyl (C=O) groups excluding carboxylic acids is 2. The van der Waals surface area contributed by atoms with Crippen LogP contribution in [-0.2, 0) is 9.53 Å². The number of nitro groups is 1. The Kier molecular flexibility index (Phi) is 4.36. The van der Waals surface area contributed by atoms with E-state index in [2.05, 4.69) is 4.74 Å². The maximum Gasteiger partial charge on any atom is 0.313 e. The number of ketones is 1. The fourth-order valence-electron chi connectivity index (χ4n) is 1.31. The first-order chi connectivity index (χ1) is 8.45. The van der Waals surface area contributed by atoms with Crippen LogP contribution in [0.3, 0.4) is 0 Å². The molecular formula is C11H11NO6. The molecule has 0 radical (unpaired) electrons. The van der Waals surface area contributed by atoms with Gasteiger partial charge in [0, 0.05) is 6.07 Å². The fourth-order valence-corrected chi connectivity index (χ4v) is 1.31. The molecule has 0 spiro atoms. The van der Waals surface area contributed by atoms with Gasteiger partial charge < -0.3 is 9.84 Å². The van der Waals surface area contributed by atoms with Crippen molar-refractivity contribution in [3.05, 3.63) is 33.9 Å². The highest BCUT2D eigenvalue weighted by molar-refractivity contribution is 6.07. The van der Waals surface area contributed by atoms with Gasteiger partial charge in [-0.3, -0.25) is 19.7 Å². The summed E-state index contributed by atoms with van der Waals surface area (Å²) in [7, 11) is 0. The zero-order valence-corrected chi connectivity index (χ0v) is 9.58. The monoisotopic (exact) mass is 253 g/mol. The second-order valence-electron chi connectivity index (χ2n) is 3.36. The van der Waals surface area contributed by atoms with Crippen LogP contribution in [0.2, 0.25) is 0 Å². The molecule has 0 saturated carbocycles. The lowest BCUT2D eigenvalue weighted by Gasteiger charge is -2.03. The van der Waals surface area contributed by atoms with Gasteiger partial charge in [-0.25, -0.2) is 0 Å². The van der Waals surface area contributed by atoms with Crippen molar-refractivity contribution in [1.82, 2.24) is 0 Å². The number of benzene rings is 1. The lowest BCUT2D eigenvalue weighted by molar-refractivity contribution is -0.384. The number of rotatable bonds is 5. The van der Waals surface area contributed by atoms with Gasteiger partial charge in [-0.15, -0.1) is 0 Å². The molecule has 0 bridgehead atoms. The Morgan fingerprint density at radius 1 is 1.44 bits per heavy atom. The Balaban J connectivity index is 2.87. The van der Waals surface area contributed by atoms with Crippen LogP contribution in [0.15, 0.2) is 18.2 Å². The Hall–Kier alpha value is -2.44. The minimum atomic E-state index is -0.708. The molecule has 1 aromatic rings. The van der Waals surface area contributed by atoms with Gasteiger partial charge in [-0.1, -0.05) is 0 Å². The van der Waals surface area contributed by atoms with Crippen LogP contribution in [0.5, 0.6) is 5.75 Å². The van der Waals surface area contributed by atoms with E-state index in [0.29, 0.717) is 0 Å². The van der Waals surface area contributed by atoms with Crippen LogP contribution in [0.1, 0.15) is 23.7 Å². The van der Waals surface area contributed by atoms with Crippen molar-refractivity contribution in [2.75, 3.05) is 6.61 Å². The third-order valence-corrected chi connectivity index (χ3v) is 2.10. The van der Waals surface area contributed by atoms with Crippen LogP contribution >= 0.6 is 0 Å². The Morgan fingerprint density at radius 3 is 2.61 bits per heavy atom. The average molecular weight is 253 g/mol. The van der Waals surface area contributed by atoms with Gasteiger partial charge in [-0.2, -0.15) is 0 Å². The smallest absolute Gasteiger partial charge is 0.313 e. The molecule has 0 aliphatic rings. The molecule has 0 unspecified atom stereocenters. The average Bonchev–Trinajstić information content (AvgIpc) is 2.28. The summed E-state index contributed by atoms with van der Waals surface area (Å²) in [5, 5.41) is 19.9. The number of hydrogen-bond acceptors (Lipinski definition) is 6. The number of esters is 1. The highest BCUT2D eigenvalue weighted by Gasteiger charge is 2.18. The van der Waals surface area contributed by atoms with E-state index in [0.717, 1.165) is 18.2 Å². The van der Waals surface area contributed by atoms with E-state index in [1.54, 1.807) is 6.92 Å². The van der Waals surface area contributed by atoms with Gasteiger partial charge >= 0.3 is 5.97 Å². The van der Waals surface area contributed by atoms with Crippen molar-refractivity contribution >= 4 is 17.4 Å². The van der Waals surface area contributed by atoms with Gasteiger partial charge in [0.2, 0.25) is 0 Å². The number of nitro benzene ring substituents is 1. The molecule has 0 aromatic heterocycles. The first-order valence-corrected chi connectivity index (χ1v) is 5.12. The molecule has 1 aromatic carbocycles. The van der Waals surface area contributed by atoms with Crippen LogP contribution in [0, 0.1) is 10.1 Å². The Labute approximate surface area is 102 Å². The van der Waals surface area contributed by atoms with Crippen molar-refractivity contribution in [2.24, 2.45) is 0 Å². The molecule has 96 valence electrons. The molecule has 0 saturated heterocycles. The van der Waals surface area contributed by atoms with E-state index >= 15 is 0 Å². The maximum atomic E-state index is 11.6. The molecule has 7 nitrogen and oxygen atoms in total. The summed E-state index contributed by atoms with van der Waals surface area (Å²) in [5.41, 5.74) is -0.478. The number of hydrogen-bond donors (Lipinski definition) is 1. The number of Topliss-reactive ketones (excluding diaryl/α,β-unsaturated/α-hetero) is 1. The summed E-state index contributed by atoms with van der Waals surface area (Å²) in [6.07, 6.45) is -0.515. The second kappa shape index (κ2) is 5.76. The number of ether oxygens (including phenoxy) is 1. The summed E-state index contributed by atoms with van der Waals surface area (Å²) in [6, 6.07) is 3.05. The minimum absolute atomic E-state index is 0.145. The van der Waals surface area contributed by atoms with Crippen molar-refractivity contribution in [3.63, 3.8) is 0 Å². The molecule has 0 fully saturated rings. The van der Waals surface area contributed by atoms with Gasteiger partial charge in [-0.05, 0) is 13.0 Å². The molecule has 18 heavy (non-hydrogen) atoms. The topological polar surface area (TPSA) is 107 Å². The third kappa shape index (κ3) is 3.27. The minimum Gasteiger partial charge on any atom is -0.507 e.